The average molecular weight is 289 g/mol. The van der Waals surface area contributed by atoms with Gasteiger partial charge in [-0.1, -0.05) is 55.4 Å². The van der Waals surface area contributed by atoms with Crippen LogP contribution >= 0.6 is 11.8 Å². The second-order valence-corrected chi connectivity index (χ2v) is 9.92. The van der Waals surface area contributed by atoms with Crippen LogP contribution in [0, 0.1) is 16.7 Å². The van der Waals surface area contributed by atoms with E-state index in [4.69, 9.17) is 0 Å². The van der Waals surface area contributed by atoms with E-state index >= 15 is 0 Å². The standard InChI is InChI=1S/C17H36OS/c1-9-17(8,11-16(6,7)12-18)19-13-15(4,5)10-14(2)3/h14,18H,9-13H2,1-8H3. The van der Waals surface area contributed by atoms with E-state index < -0.39 is 0 Å². The lowest BCUT2D eigenvalue weighted by molar-refractivity contribution is 0.138. The maximum absolute atomic E-state index is 9.49. The summed E-state index contributed by atoms with van der Waals surface area (Å²) in [5.41, 5.74) is 0.429. The van der Waals surface area contributed by atoms with Gasteiger partial charge in [0.25, 0.3) is 0 Å². The van der Waals surface area contributed by atoms with Gasteiger partial charge >= 0.3 is 0 Å². The third kappa shape index (κ3) is 8.24. The molecule has 0 saturated heterocycles. The van der Waals surface area contributed by atoms with E-state index in [1.165, 1.54) is 18.6 Å². The van der Waals surface area contributed by atoms with E-state index in [1.807, 2.05) is 0 Å². The van der Waals surface area contributed by atoms with Crippen molar-refractivity contribution in [2.75, 3.05) is 12.4 Å². The Bertz CT molecular complexity index is 258. The van der Waals surface area contributed by atoms with Crippen LogP contribution in [-0.2, 0) is 0 Å². The third-order valence-electron chi connectivity index (χ3n) is 3.80. The van der Waals surface area contributed by atoms with Gasteiger partial charge in [0.1, 0.15) is 0 Å². The van der Waals surface area contributed by atoms with Crippen molar-refractivity contribution in [3.8, 4) is 0 Å². The van der Waals surface area contributed by atoms with Crippen LogP contribution in [0.15, 0.2) is 0 Å². The van der Waals surface area contributed by atoms with E-state index in [9.17, 15) is 5.11 Å². The van der Waals surface area contributed by atoms with E-state index in [1.54, 1.807) is 0 Å². The number of hydrogen-bond acceptors (Lipinski definition) is 2. The van der Waals surface area contributed by atoms with Gasteiger partial charge in [0.15, 0.2) is 0 Å². The van der Waals surface area contributed by atoms with Crippen molar-refractivity contribution >= 4 is 11.8 Å². The number of rotatable bonds is 9. The Morgan fingerprint density at radius 2 is 1.53 bits per heavy atom. The second kappa shape index (κ2) is 7.36. The summed E-state index contributed by atoms with van der Waals surface area (Å²) >= 11 is 2.10. The summed E-state index contributed by atoms with van der Waals surface area (Å²) in [6, 6.07) is 0. The average Bonchev–Trinajstić information content (AvgIpc) is 2.25. The third-order valence-corrected chi connectivity index (χ3v) is 5.86. The first-order valence-electron chi connectivity index (χ1n) is 7.70. The minimum atomic E-state index is 0.0277. The van der Waals surface area contributed by atoms with Crippen molar-refractivity contribution in [3.05, 3.63) is 0 Å². The molecule has 0 rings (SSSR count). The fourth-order valence-electron chi connectivity index (χ4n) is 2.88. The molecule has 116 valence electrons. The number of aliphatic hydroxyl groups excluding tert-OH is 1. The summed E-state index contributed by atoms with van der Waals surface area (Å²) in [7, 11) is 0. The molecular weight excluding hydrogens is 252 g/mol. The quantitative estimate of drug-likeness (QED) is 0.615. The highest BCUT2D eigenvalue weighted by atomic mass is 32.2. The Morgan fingerprint density at radius 3 is 1.89 bits per heavy atom. The van der Waals surface area contributed by atoms with Crippen LogP contribution < -0.4 is 0 Å². The summed E-state index contributed by atoms with van der Waals surface area (Å²) in [4.78, 5) is 0. The van der Waals surface area contributed by atoms with Gasteiger partial charge in [0.05, 0.1) is 0 Å². The molecule has 19 heavy (non-hydrogen) atoms. The van der Waals surface area contributed by atoms with E-state index in [0.717, 1.165) is 12.3 Å². The first kappa shape index (κ1) is 19.3. The van der Waals surface area contributed by atoms with Crippen molar-refractivity contribution in [1.82, 2.24) is 0 Å². The highest BCUT2D eigenvalue weighted by Crippen LogP contribution is 2.43. The molecule has 1 unspecified atom stereocenters. The van der Waals surface area contributed by atoms with Crippen LogP contribution in [0.4, 0.5) is 0 Å². The number of aliphatic hydroxyl groups is 1. The summed E-state index contributed by atoms with van der Waals surface area (Å²) in [5.74, 6) is 1.97. The van der Waals surface area contributed by atoms with Crippen molar-refractivity contribution in [2.24, 2.45) is 16.7 Å². The van der Waals surface area contributed by atoms with Gasteiger partial charge in [-0.25, -0.2) is 0 Å². The topological polar surface area (TPSA) is 20.2 Å². The lowest BCUT2D eigenvalue weighted by Gasteiger charge is -2.38. The second-order valence-electron chi connectivity index (χ2n) is 8.35. The molecule has 0 aliphatic carbocycles. The zero-order valence-corrected chi connectivity index (χ0v) is 15.3. The van der Waals surface area contributed by atoms with Gasteiger partial charge in [-0.15, -0.1) is 0 Å². The van der Waals surface area contributed by atoms with Crippen LogP contribution in [0.1, 0.15) is 74.7 Å². The molecule has 1 nitrogen and oxygen atoms in total. The Kier molecular flexibility index (Phi) is 7.48. The Hall–Kier alpha value is 0.310. The predicted molar refractivity (Wildman–Crippen MR) is 89.9 cm³/mol. The van der Waals surface area contributed by atoms with Crippen LogP contribution in [0.25, 0.3) is 0 Å². The SMILES string of the molecule is CCC(C)(CC(C)(C)CO)SCC(C)(C)CC(C)C. The van der Waals surface area contributed by atoms with Crippen LogP contribution in [0.5, 0.6) is 0 Å². The van der Waals surface area contributed by atoms with Crippen LogP contribution in [0.3, 0.4) is 0 Å². The van der Waals surface area contributed by atoms with Crippen molar-refractivity contribution in [3.63, 3.8) is 0 Å². The number of thioether (sulfide) groups is 1. The Morgan fingerprint density at radius 1 is 1.00 bits per heavy atom. The molecule has 0 saturated carbocycles. The largest absolute Gasteiger partial charge is 0.396 e. The summed E-state index contributed by atoms with van der Waals surface area (Å²) in [5, 5.41) is 9.49. The molecule has 0 spiro atoms. The van der Waals surface area contributed by atoms with Gasteiger partial charge in [-0.05, 0) is 41.8 Å². The van der Waals surface area contributed by atoms with Gasteiger partial charge in [-0.3, -0.25) is 0 Å². The molecule has 2 heteroatoms. The Labute approximate surface area is 125 Å². The molecule has 0 radical (unpaired) electrons. The molecule has 0 aliphatic heterocycles. The molecule has 0 aliphatic rings. The van der Waals surface area contributed by atoms with Crippen LogP contribution in [0.2, 0.25) is 0 Å². The van der Waals surface area contributed by atoms with Crippen LogP contribution in [-0.4, -0.2) is 22.2 Å². The molecule has 0 bridgehead atoms. The first-order chi connectivity index (χ1) is 8.45. The van der Waals surface area contributed by atoms with Crippen molar-refractivity contribution in [1.29, 1.82) is 0 Å². The minimum absolute atomic E-state index is 0.0277. The summed E-state index contributed by atoms with van der Waals surface area (Å²) in [6.07, 6.45) is 3.53. The number of hydrogen-bond donors (Lipinski definition) is 1. The molecular formula is C17H36OS. The monoisotopic (exact) mass is 288 g/mol. The molecule has 0 heterocycles. The maximum atomic E-state index is 9.49. The molecule has 0 aromatic carbocycles. The molecule has 1 N–H and O–H groups in total. The zero-order valence-electron chi connectivity index (χ0n) is 14.5. The van der Waals surface area contributed by atoms with Crippen molar-refractivity contribution < 1.29 is 5.11 Å². The smallest absolute Gasteiger partial charge is 0.0482 e. The molecule has 0 aromatic rings. The Balaban J connectivity index is 4.55. The van der Waals surface area contributed by atoms with Crippen molar-refractivity contribution in [2.45, 2.75) is 79.4 Å². The van der Waals surface area contributed by atoms with Gasteiger partial charge < -0.3 is 5.11 Å². The minimum Gasteiger partial charge on any atom is -0.396 e. The predicted octanol–water partition coefficient (Wildman–Crippen LogP) is 5.37. The lowest BCUT2D eigenvalue weighted by Crippen LogP contribution is -2.32. The molecule has 1 atom stereocenters. The van der Waals surface area contributed by atoms with Gasteiger partial charge in [-0.2, -0.15) is 11.8 Å². The van der Waals surface area contributed by atoms with Gasteiger partial charge in [0.2, 0.25) is 0 Å². The fourth-order valence-corrected chi connectivity index (χ4v) is 4.43. The molecule has 0 aromatic heterocycles. The van der Waals surface area contributed by atoms with Gasteiger partial charge in [0, 0.05) is 11.4 Å². The van der Waals surface area contributed by atoms with E-state index in [2.05, 4.69) is 67.2 Å². The normalized spacial score (nSPS) is 16.7. The van der Waals surface area contributed by atoms with E-state index in [0.29, 0.717) is 5.41 Å². The lowest BCUT2D eigenvalue weighted by atomic mass is 9.82. The molecule has 0 fully saturated rings. The zero-order chi connectivity index (χ0) is 15.3. The highest BCUT2D eigenvalue weighted by Gasteiger charge is 2.33. The summed E-state index contributed by atoms with van der Waals surface area (Å²) in [6.45, 7) is 18.6. The first-order valence-corrected chi connectivity index (χ1v) is 8.69. The van der Waals surface area contributed by atoms with E-state index in [-0.39, 0.29) is 16.8 Å². The maximum Gasteiger partial charge on any atom is 0.0482 e. The molecule has 0 amide bonds. The fraction of sp³-hybridized carbons (Fsp3) is 1.00. The summed E-state index contributed by atoms with van der Waals surface area (Å²) < 4.78 is 0.278. The highest BCUT2D eigenvalue weighted by molar-refractivity contribution is 8.00.